The number of hydrogen-bond donors (Lipinski definition) is 1. The Labute approximate surface area is 147 Å². The summed E-state index contributed by atoms with van der Waals surface area (Å²) in [6, 6.07) is 0. The van der Waals surface area contributed by atoms with Crippen LogP contribution in [-0.4, -0.2) is 31.2 Å². The molecular formula is C21H34O3. The zero-order valence-corrected chi connectivity index (χ0v) is 15.9. The number of fused-ring (bicyclic) bond motifs is 1. The van der Waals surface area contributed by atoms with Gasteiger partial charge in [-0.25, -0.2) is 0 Å². The first-order valence-electron chi connectivity index (χ1n) is 9.25. The van der Waals surface area contributed by atoms with E-state index in [0.29, 0.717) is 12.5 Å². The number of aliphatic hydroxyl groups is 1. The van der Waals surface area contributed by atoms with Crippen molar-refractivity contribution in [3.05, 3.63) is 34.9 Å². The van der Waals surface area contributed by atoms with Crippen LogP contribution in [0.5, 0.6) is 0 Å². The largest absolute Gasteiger partial charge is 0.392 e. The molecule has 136 valence electrons. The van der Waals surface area contributed by atoms with Crippen LogP contribution in [0.2, 0.25) is 0 Å². The predicted molar refractivity (Wildman–Crippen MR) is 98.6 cm³/mol. The average Bonchev–Trinajstić information content (AvgIpc) is 2.90. The van der Waals surface area contributed by atoms with E-state index in [-0.39, 0.29) is 24.2 Å². The smallest absolute Gasteiger partial charge is 0.179 e. The highest BCUT2D eigenvalue weighted by Gasteiger charge is 2.41. The summed E-state index contributed by atoms with van der Waals surface area (Å²) < 4.78 is 11.4. The Bertz CT molecular complexity index is 499. The van der Waals surface area contributed by atoms with Crippen molar-refractivity contribution < 1.29 is 14.6 Å². The molecule has 3 heteroatoms. The molecule has 3 nitrogen and oxygen atoms in total. The van der Waals surface area contributed by atoms with Crippen molar-refractivity contribution in [1.82, 2.24) is 0 Å². The molecular weight excluding hydrogens is 300 g/mol. The van der Waals surface area contributed by atoms with Gasteiger partial charge in [0.05, 0.1) is 12.7 Å². The molecule has 1 heterocycles. The first-order valence-corrected chi connectivity index (χ1v) is 9.25. The molecule has 1 aliphatic heterocycles. The number of ether oxygens (including phenoxy) is 2. The first kappa shape index (κ1) is 19.4. The zero-order chi connectivity index (χ0) is 17.7. The van der Waals surface area contributed by atoms with Gasteiger partial charge in [0.15, 0.2) is 6.29 Å². The van der Waals surface area contributed by atoms with E-state index in [1.807, 2.05) is 0 Å². The third kappa shape index (κ3) is 4.81. The summed E-state index contributed by atoms with van der Waals surface area (Å²) >= 11 is 0. The van der Waals surface area contributed by atoms with Gasteiger partial charge in [0.1, 0.15) is 0 Å². The maximum absolute atomic E-state index is 11.0. The fourth-order valence-corrected chi connectivity index (χ4v) is 4.16. The van der Waals surface area contributed by atoms with Gasteiger partial charge in [-0.1, -0.05) is 36.3 Å². The topological polar surface area (TPSA) is 38.7 Å². The Kier molecular flexibility index (Phi) is 7.27. The maximum atomic E-state index is 11.0. The van der Waals surface area contributed by atoms with Gasteiger partial charge in [0.25, 0.3) is 0 Å². The Hall–Kier alpha value is -0.900. The van der Waals surface area contributed by atoms with Gasteiger partial charge >= 0.3 is 0 Å². The van der Waals surface area contributed by atoms with E-state index in [1.165, 1.54) is 16.7 Å². The van der Waals surface area contributed by atoms with Crippen LogP contribution in [0.3, 0.4) is 0 Å². The SMILES string of the molecule is CO[C@@H]1OC[C@@H]2C1=CC/C=C(\C)C[C@@H](O)[C@H]2C(C)CCC=C(C)C. The summed E-state index contributed by atoms with van der Waals surface area (Å²) in [7, 11) is 1.70. The van der Waals surface area contributed by atoms with Gasteiger partial charge in [-0.3, -0.25) is 0 Å². The van der Waals surface area contributed by atoms with Crippen molar-refractivity contribution in [3.8, 4) is 0 Å². The Morgan fingerprint density at radius 2 is 2.17 bits per heavy atom. The predicted octanol–water partition coefficient (Wildman–Crippen LogP) is 4.63. The summed E-state index contributed by atoms with van der Waals surface area (Å²) in [5, 5.41) is 11.0. The van der Waals surface area contributed by atoms with Gasteiger partial charge in [-0.05, 0) is 63.9 Å². The molecule has 0 saturated carbocycles. The molecule has 2 rings (SSSR count). The van der Waals surface area contributed by atoms with E-state index in [4.69, 9.17) is 9.47 Å². The van der Waals surface area contributed by atoms with E-state index < -0.39 is 0 Å². The average molecular weight is 335 g/mol. The highest BCUT2D eigenvalue weighted by atomic mass is 16.7. The van der Waals surface area contributed by atoms with E-state index in [9.17, 15) is 5.11 Å². The molecule has 1 N–H and O–H groups in total. The maximum Gasteiger partial charge on any atom is 0.179 e. The second-order valence-electron chi connectivity index (χ2n) is 7.68. The van der Waals surface area contributed by atoms with Crippen molar-refractivity contribution in [2.45, 2.75) is 65.8 Å². The third-order valence-corrected chi connectivity index (χ3v) is 5.43. The van der Waals surface area contributed by atoms with E-state index >= 15 is 0 Å². The second-order valence-corrected chi connectivity index (χ2v) is 7.68. The minimum absolute atomic E-state index is 0.211. The molecule has 1 aliphatic carbocycles. The lowest BCUT2D eigenvalue weighted by Gasteiger charge is -2.33. The van der Waals surface area contributed by atoms with Crippen LogP contribution in [0.1, 0.15) is 53.4 Å². The Morgan fingerprint density at radius 3 is 2.83 bits per heavy atom. The van der Waals surface area contributed by atoms with Crippen molar-refractivity contribution in [2.75, 3.05) is 13.7 Å². The fourth-order valence-electron chi connectivity index (χ4n) is 4.16. The third-order valence-electron chi connectivity index (χ3n) is 5.43. The zero-order valence-electron chi connectivity index (χ0n) is 15.9. The normalized spacial score (nSPS) is 34.1. The van der Waals surface area contributed by atoms with Crippen LogP contribution in [0, 0.1) is 17.8 Å². The number of aliphatic hydroxyl groups excluding tert-OH is 1. The number of hydrogen-bond acceptors (Lipinski definition) is 3. The van der Waals surface area contributed by atoms with Crippen LogP contribution in [0.15, 0.2) is 34.9 Å². The molecule has 0 radical (unpaired) electrons. The van der Waals surface area contributed by atoms with Crippen molar-refractivity contribution >= 4 is 0 Å². The Morgan fingerprint density at radius 1 is 1.42 bits per heavy atom. The van der Waals surface area contributed by atoms with Crippen LogP contribution < -0.4 is 0 Å². The van der Waals surface area contributed by atoms with Gasteiger partial charge in [-0.2, -0.15) is 0 Å². The molecule has 24 heavy (non-hydrogen) atoms. The number of allylic oxidation sites excluding steroid dienone is 4. The molecule has 0 spiro atoms. The van der Waals surface area contributed by atoms with Gasteiger partial charge in [-0.15, -0.1) is 0 Å². The Balaban J connectivity index is 2.23. The standard InChI is InChI=1S/C21H34O3/c1-14(2)8-6-10-16(4)20-18-13-24-21(23-5)17(18)11-7-9-15(3)12-19(20)22/h8-9,11,16,18-22H,6-7,10,12-13H2,1-5H3/b15-9+,17-11?/t16?,18-,19-,20+,21-/m1/s1. The molecule has 0 amide bonds. The molecule has 0 aromatic rings. The molecule has 0 bridgehead atoms. The summed E-state index contributed by atoms with van der Waals surface area (Å²) in [5.74, 6) is 0.906. The van der Waals surface area contributed by atoms with E-state index in [2.05, 4.69) is 45.9 Å². The minimum atomic E-state index is -0.325. The van der Waals surface area contributed by atoms with Crippen LogP contribution in [0.25, 0.3) is 0 Å². The summed E-state index contributed by atoms with van der Waals surface area (Å²) in [4.78, 5) is 0. The van der Waals surface area contributed by atoms with Gasteiger partial charge in [0, 0.05) is 13.0 Å². The summed E-state index contributed by atoms with van der Waals surface area (Å²) in [6.45, 7) is 9.34. The van der Waals surface area contributed by atoms with Gasteiger partial charge < -0.3 is 14.6 Å². The molecule has 0 aromatic heterocycles. The van der Waals surface area contributed by atoms with E-state index in [0.717, 1.165) is 25.7 Å². The molecule has 5 atom stereocenters. The lowest BCUT2D eigenvalue weighted by Crippen LogP contribution is -2.35. The molecule has 1 fully saturated rings. The highest BCUT2D eigenvalue weighted by molar-refractivity contribution is 5.20. The quantitative estimate of drug-likeness (QED) is 0.745. The van der Waals surface area contributed by atoms with Gasteiger partial charge in [0.2, 0.25) is 0 Å². The summed E-state index contributed by atoms with van der Waals surface area (Å²) in [6.07, 6.45) is 10.0. The number of rotatable bonds is 5. The summed E-state index contributed by atoms with van der Waals surface area (Å²) in [5.41, 5.74) is 3.86. The molecule has 2 aliphatic rings. The minimum Gasteiger partial charge on any atom is -0.392 e. The van der Waals surface area contributed by atoms with Crippen LogP contribution in [0.4, 0.5) is 0 Å². The second kappa shape index (κ2) is 8.98. The lowest BCUT2D eigenvalue weighted by atomic mass is 9.73. The lowest BCUT2D eigenvalue weighted by molar-refractivity contribution is -0.0727. The molecule has 1 saturated heterocycles. The van der Waals surface area contributed by atoms with Crippen molar-refractivity contribution in [1.29, 1.82) is 0 Å². The molecule has 1 unspecified atom stereocenters. The first-order chi connectivity index (χ1) is 11.4. The monoisotopic (exact) mass is 334 g/mol. The van der Waals surface area contributed by atoms with E-state index in [1.54, 1.807) is 7.11 Å². The molecule has 0 aromatic carbocycles. The van der Waals surface area contributed by atoms with Crippen molar-refractivity contribution in [2.24, 2.45) is 17.8 Å². The van der Waals surface area contributed by atoms with Crippen LogP contribution >= 0.6 is 0 Å². The number of methoxy groups -OCH3 is 1. The fraction of sp³-hybridized carbons (Fsp3) is 0.714. The van der Waals surface area contributed by atoms with Crippen LogP contribution in [-0.2, 0) is 9.47 Å². The van der Waals surface area contributed by atoms with Crippen molar-refractivity contribution in [3.63, 3.8) is 0 Å². The highest BCUT2D eigenvalue weighted by Crippen LogP contribution is 2.41.